The van der Waals surface area contributed by atoms with Crippen molar-refractivity contribution >= 4 is 0 Å². The Hall–Kier alpha value is -5.50. The van der Waals surface area contributed by atoms with Crippen LogP contribution in [-0.2, 0) is 4.74 Å². The molecule has 1 nitrogen and oxygen atoms in total. The predicted molar refractivity (Wildman–Crippen MR) is 280 cm³/mol. The van der Waals surface area contributed by atoms with Gasteiger partial charge in [0.1, 0.15) is 0 Å². The Morgan fingerprint density at radius 1 is 0.167 bits per heavy atom. The Labute approximate surface area is 374 Å². The lowest BCUT2D eigenvalue weighted by molar-refractivity contribution is 0.277. The maximum absolute atomic E-state index is 4.25. The number of rotatable bonds is 0. The van der Waals surface area contributed by atoms with Gasteiger partial charge >= 0.3 is 0 Å². The molecule has 0 aromatic heterocycles. The van der Waals surface area contributed by atoms with E-state index in [0.717, 1.165) is 0 Å². The van der Waals surface area contributed by atoms with E-state index in [1.165, 1.54) is 0 Å². The molecule has 7 aromatic rings. The average molecular weight is 815 g/mol. The van der Waals surface area contributed by atoms with Gasteiger partial charge in [0.25, 0.3) is 0 Å². The average Bonchev–Trinajstić information content (AvgIpc) is 3.37. The van der Waals surface area contributed by atoms with Crippen molar-refractivity contribution in [3.05, 3.63) is 255 Å². The van der Waals surface area contributed by atoms with Gasteiger partial charge in [0, 0.05) is 14.2 Å². The molecule has 0 radical (unpaired) electrons. The van der Waals surface area contributed by atoms with Gasteiger partial charge in [-0.3, -0.25) is 0 Å². The van der Waals surface area contributed by atoms with Crippen LogP contribution in [0.2, 0.25) is 0 Å². The van der Waals surface area contributed by atoms with Crippen molar-refractivity contribution in [2.45, 2.75) is 96.9 Å². The van der Waals surface area contributed by atoms with E-state index in [1.54, 1.807) is 14.2 Å². The molecule has 0 heterocycles. The van der Waals surface area contributed by atoms with E-state index in [2.05, 4.69) is 32.4 Å². The van der Waals surface area contributed by atoms with Crippen LogP contribution >= 0.6 is 0 Å². The fourth-order valence-corrected chi connectivity index (χ4v) is 2.69. The maximum atomic E-state index is 4.25. The van der Waals surface area contributed by atoms with E-state index in [4.69, 9.17) is 0 Å². The van der Waals surface area contributed by atoms with Gasteiger partial charge in [0.05, 0.1) is 0 Å². The normalized spacial score (nSPS) is 7.40. The van der Waals surface area contributed by atoms with Gasteiger partial charge in [-0.05, 0) is 5.41 Å². The van der Waals surface area contributed by atoms with Crippen LogP contribution in [0.4, 0.5) is 0 Å². The number of benzene rings is 7. The van der Waals surface area contributed by atoms with Crippen LogP contribution in [-0.4, -0.2) is 14.2 Å². The summed E-state index contributed by atoms with van der Waals surface area (Å²) in [6.07, 6.45) is 0. The quantitative estimate of drug-likeness (QED) is 0.148. The van der Waals surface area contributed by atoms with Crippen molar-refractivity contribution in [2.75, 3.05) is 14.2 Å². The first-order chi connectivity index (χ1) is 29.4. The molecular weight excluding hydrogens is 725 g/mol. The highest BCUT2D eigenvalue weighted by atomic mass is 16.4. The summed E-state index contributed by atoms with van der Waals surface area (Å²) in [7, 11) is 3.25. The number of methoxy groups -OCH3 is 1. The molecule has 0 fully saturated rings. The van der Waals surface area contributed by atoms with Gasteiger partial charge in [0.15, 0.2) is 0 Å². The van der Waals surface area contributed by atoms with Gasteiger partial charge in [0.2, 0.25) is 0 Å². The lowest BCUT2D eigenvalue weighted by Crippen LogP contribution is -1.93. The minimum atomic E-state index is 0.500. The summed E-state index contributed by atoms with van der Waals surface area (Å²) in [4.78, 5) is 0. The molecule has 0 N–H and O–H groups in total. The highest BCUT2D eigenvalue weighted by Crippen LogP contribution is 2.08. The summed E-state index contributed by atoms with van der Waals surface area (Å²) in [5.41, 5.74) is 0.500. The second-order valence-electron chi connectivity index (χ2n) is 11.5. The molecule has 0 spiro atoms. The van der Waals surface area contributed by atoms with Crippen LogP contribution in [0.3, 0.4) is 0 Å². The minimum absolute atomic E-state index is 0.500. The molecule has 0 aliphatic carbocycles. The molecular formula is C59H90O. The SMILES string of the molecule is CC.CC.CC.CC.CC.CC(C)(C)C.COC.c1ccccc1.c1ccccc1.c1ccccc1.c1ccccc1.c1ccccc1.c1ccccc1.c1ccccc1. The first-order valence-electron chi connectivity index (χ1n) is 21.8. The molecule has 1 heteroatoms. The van der Waals surface area contributed by atoms with Crippen molar-refractivity contribution in [3.8, 4) is 0 Å². The molecule has 7 aromatic carbocycles. The highest BCUT2D eigenvalue weighted by molar-refractivity contribution is 5.02. The van der Waals surface area contributed by atoms with Crippen LogP contribution in [0.15, 0.2) is 255 Å². The standard InChI is InChI=1S/7C6H6.C5H12.C2H6O.5C2H6/c7*1-2-4-6-5-3-1;1-5(2,3)4;1-3-2;5*1-2/h7*1-6H;1-4H3;1-2H3;5*1-2H3. The minimum Gasteiger partial charge on any atom is -0.388 e. The number of hydrogen-bond donors (Lipinski definition) is 0. The Bertz CT molecular complexity index is 921. The first kappa shape index (κ1) is 69.1. The van der Waals surface area contributed by atoms with Crippen molar-refractivity contribution in [3.63, 3.8) is 0 Å². The van der Waals surface area contributed by atoms with Gasteiger partial charge in [-0.2, -0.15) is 0 Å². The molecule has 7 rings (SSSR count). The molecule has 0 amide bonds. The maximum Gasteiger partial charge on any atom is 0.0351 e. The zero-order chi connectivity index (χ0) is 46.9. The largest absolute Gasteiger partial charge is 0.388 e. The molecule has 332 valence electrons. The van der Waals surface area contributed by atoms with E-state index in [9.17, 15) is 0 Å². The van der Waals surface area contributed by atoms with Crippen LogP contribution in [0, 0.1) is 5.41 Å². The van der Waals surface area contributed by atoms with E-state index in [0.29, 0.717) is 5.41 Å². The molecule has 0 atom stereocenters. The topological polar surface area (TPSA) is 9.23 Å². The lowest BCUT2D eigenvalue weighted by atomic mass is 10.0. The van der Waals surface area contributed by atoms with E-state index in [-0.39, 0.29) is 0 Å². The van der Waals surface area contributed by atoms with Crippen molar-refractivity contribution in [1.29, 1.82) is 0 Å². The second-order valence-corrected chi connectivity index (χ2v) is 11.5. The van der Waals surface area contributed by atoms with Crippen LogP contribution in [0.5, 0.6) is 0 Å². The molecule has 0 unspecified atom stereocenters. The van der Waals surface area contributed by atoms with E-state index in [1.807, 2.05) is 324 Å². The third-order valence-electron chi connectivity index (χ3n) is 4.67. The molecule has 0 aliphatic heterocycles. The van der Waals surface area contributed by atoms with Gasteiger partial charge < -0.3 is 4.74 Å². The van der Waals surface area contributed by atoms with Gasteiger partial charge in [-0.15, -0.1) is 0 Å². The summed E-state index contributed by atoms with van der Waals surface area (Å²) >= 11 is 0. The summed E-state index contributed by atoms with van der Waals surface area (Å²) in [5.74, 6) is 0. The molecule has 0 bridgehead atoms. The molecule has 60 heavy (non-hydrogen) atoms. The summed E-state index contributed by atoms with van der Waals surface area (Å²) in [6.45, 7) is 28.8. The second kappa shape index (κ2) is 77.9. The highest BCUT2D eigenvalue weighted by Gasteiger charge is 1.95. The van der Waals surface area contributed by atoms with Gasteiger partial charge in [-0.1, -0.05) is 352 Å². The van der Waals surface area contributed by atoms with Crippen molar-refractivity contribution in [2.24, 2.45) is 5.41 Å². The lowest BCUT2D eigenvalue weighted by Gasteiger charge is -2.05. The van der Waals surface area contributed by atoms with Gasteiger partial charge in [-0.25, -0.2) is 0 Å². The van der Waals surface area contributed by atoms with E-state index >= 15 is 0 Å². The predicted octanol–water partition coefficient (Wildman–Crippen LogP) is 19.3. The number of hydrogen-bond acceptors (Lipinski definition) is 1. The van der Waals surface area contributed by atoms with Crippen LogP contribution in [0.1, 0.15) is 96.9 Å². The first-order valence-corrected chi connectivity index (χ1v) is 21.8. The smallest absolute Gasteiger partial charge is 0.0351 e. The third kappa shape index (κ3) is 105. The Balaban J connectivity index is -0.000000103. The molecule has 0 saturated carbocycles. The van der Waals surface area contributed by atoms with Crippen LogP contribution in [0.25, 0.3) is 0 Å². The monoisotopic (exact) mass is 815 g/mol. The van der Waals surface area contributed by atoms with E-state index < -0.39 is 0 Å². The Morgan fingerprint density at radius 2 is 0.183 bits per heavy atom. The molecule has 0 aliphatic rings. The van der Waals surface area contributed by atoms with Crippen molar-refractivity contribution < 1.29 is 4.74 Å². The zero-order valence-electron chi connectivity index (χ0n) is 41.2. The Kier molecular flexibility index (Phi) is 89.8. The molecule has 0 saturated heterocycles. The Morgan fingerprint density at radius 3 is 0.200 bits per heavy atom. The van der Waals surface area contributed by atoms with Crippen LogP contribution < -0.4 is 0 Å². The van der Waals surface area contributed by atoms with Crippen molar-refractivity contribution in [1.82, 2.24) is 0 Å². The summed E-state index contributed by atoms with van der Waals surface area (Å²) < 4.78 is 4.25. The summed E-state index contributed by atoms with van der Waals surface area (Å²) in [5, 5.41) is 0. The third-order valence-corrected chi connectivity index (χ3v) is 4.67. The zero-order valence-corrected chi connectivity index (χ0v) is 41.2. The summed E-state index contributed by atoms with van der Waals surface area (Å²) in [6, 6.07) is 84.0. The number of ether oxygens (including phenoxy) is 1. The fourth-order valence-electron chi connectivity index (χ4n) is 2.69. The fraction of sp³-hybridized carbons (Fsp3) is 0.288.